The number of halogens is 4. The fourth-order valence-electron chi connectivity index (χ4n) is 1.75. The van der Waals surface area contributed by atoms with Crippen LogP contribution in [0.1, 0.15) is 22.3 Å². The minimum absolute atomic E-state index is 0.0340. The first-order valence-electron chi connectivity index (χ1n) is 7.89. The van der Waals surface area contributed by atoms with Gasteiger partial charge in [-0.3, -0.25) is 9.59 Å². The number of hydrogen-bond acceptors (Lipinski definition) is 4. The third kappa shape index (κ3) is 9.26. The van der Waals surface area contributed by atoms with Gasteiger partial charge in [-0.1, -0.05) is 16.8 Å². The van der Waals surface area contributed by atoms with Gasteiger partial charge in [0.25, 0.3) is 5.91 Å². The van der Waals surface area contributed by atoms with Gasteiger partial charge in [0, 0.05) is 12.6 Å². The molecule has 0 fully saturated rings. The molecule has 1 amide bonds. The lowest BCUT2D eigenvalue weighted by molar-refractivity contribution is -0.753. The molecule has 156 valence electrons. The summed E-state index contributed by atoms with van der Waals surface area (Å²) in [6.45, 7) is 0.528. The number of carbonyl (C=O) groups excluding carboxylic acids is 1. The van der Waals surface area contributed by atoms with E-state index < -0.39 is 18.1 Å². The van der Waals surface area contributed by atoms with Gasteiger partial charge in [0.15, 0.2) is 12.7 Å². The fraction of sp³-hybridized carbons (Fsp3) is 0.235. The normalized spacial score (nSPS) is 10.5. The molecule has 0 saturated heterocycles. The number of carboxylic acid groups (broad SMARTS) is 2. The lowest BCUT2D eigenvalue weighted by Gasteiger charge is -2.04. The monoisotopic (exact) mass is 418 g/mol. The van der Waals surface area contributed by atoms with Crippen LogP contribution in [-0.4, -0.2) is 39.3 Å². The van der Waals surface area contributed by atoms with E-state index in [2.05, 4.69) is 10.4 Å². The van der Waals surface area contributed by atoms with E-state index in [0.717, 1.165) is 5.56 Å². The molecule has 1 aromatic carbocycles. The maximum Gasteiger partial charge on any atom is 0.490 e. The van der Waals surface area contributed by atoms with Crippen LogP contribution in [0.5, 0.6) is 0 Å². The first kappa shape index (κ1) is 23.5. The van der Waals surface area contributed by atoms with E-state index in [1.54, 1.807) is 24.4 Å². The third-order valence-electron chi connectivity index (χ3n) is 3.20. The van der Waals surface area contributed by atoms with Crippen molar-refractivity contribution in [3.8, 4) is 0 Å². The Labute approximate surface area is 161 Å². The van der Waals surface area contributed by atoms with Crippen LogP contribution < -0.4 is 10.00 Å². The molecular formula is C17H16F4N3O5+. The summed E-state index contributed by atoms with van der Waals surface area (Å²) < 4.78 is 46.0. The number of benzene rings is 1. The summed E-state index contributed by atoms with van der Waals surface area (Å²) in [6.07, 6.45) is -2.19. The number of nitrogens with zero attached hydrogens (tertiary/aromatic N) is 2. The number of nitrogens with one attached hydrogen (secondary N) is 1. The zero-order chi connectivity index (χ0) is 22.0. The molecule has 0 atom stereocenters. The third-order valence-corrected chi connectivity index (χ3v) is 3.20. The van der Waals surface area contributed by atoms with Crippen molar-refractivity contribution in [3.63, 3.8) is 0 Å². The Hall–Kier alpha value is -3.57. The van der Waals surface area contributed by atoms with Crippen LogP contribution in [0.3, 0.4) is 0 Å². The Bertz CT molecular complexity index is 840. The summed E-state index contributed by atoms with van der Waals surface area (Å²) in [5.41, 5.74) is 1.16. The van der Waals surface area contributed by atoms with Crippen LogP contribution in [0.4, 0.5) is 17.6 Å². The van der Waals surface area contributed by atoms with Crippen LogP contribution in [-0.2, 0) is 22.7 Å². The molecule has 2 rings (SSSR count). The highest BCUT2D eigenvalue weighted by atomic mass is 19.4. The van der Waals surface area contributed by atoms with Crippen molar-refractivity contribution < 1.29 is 46.8 Å². The Morgan fingerprint density at radius 1 is 1.07 bits per heavy atom. The molecule has 0 aliphatic heterocycles. The van der Waals surface area contributed by atoms with E-state index in [1.807, 2.05) is 0 Å². The van der Waals surface area contributed by atoms with Crippen molar-refractivity contribution in [3.05, 3.63) is 59.7 Å². The van der Waals surface area contributed by atoms with E-state index in [0.29, 0.717) is 5.56 Å². The Morgan fingerprint density at radius 2 is 1.66 bits per heavy atom. The molecule has 29 heavy (non-hydrogen) atoms. The van der Waals surface area contributed by atoms with Crippen LogP contribution in [0, 0.1) is 5.82 Å². The molecule has 1 heterocycles. The highest BCUT2D eigenvalue weighted by Gasteiger charge is 2.38. The van der Waals surface area contributed by atoms with Crippen LogP contribution in [0.15, 0.2) is 42.7 Å². The summed E-state index contributed by atoms with van der Waals surface area (Å²) >= 11 is 0. The molecule has 0 radical (unpaired) electrons. The molecule has 0 aliphatic carbocycles. The van der Waals surface area contributed by atoms with Crippen molar-refractivity contribution in [1.29, 1.82) is 0 Å². The summed E-state index contributed by atoms with van der Waals surface area (Å²) in [5, 5.41) is 22.4. The van der Waals surface area contributed by atoms with Gasteiger partial charge < -0.3 is 15.5 Å². The first-order chi connectivity index (χ1) is 13.5. The first-order valence-corrected chi connectivity index (χ1v) is 7.89. The number of aromatic nitrogens is 2. The lowest BCUT2D eigenvalue weighted by Crippen LogP contribution is -2.39. The maximum absolute atomic E-state index is 12.8. The molecule has 3 N–H and O–H groups in total. The minimum Gasteiger partial charge on any atom is -0.481 e. The topological polar surface area (TPSA) is 120 Å². The molecule has 0 saturated carbocycles. The van der Waals surface area contributed by atoms with E-state index in [4.69, 9.17) is 15.0 Å². The van der Waals surface area contributed by atoms with Gasteiger partial charge in [-0.15, -0.1) is 0 Å². The Kier molecular flexibility index (Phi) is 8.65. The maximum atomic E-state index is 12.8. The predicted molar refractivity (Wildman–Crippen MR) is 87.9 cm³/mol. The van der Waals surface area contributed by atoms with Gasteiger partial charge in [-0.25, -0.2) is 9.18 Å². The number of aryl methyl sites for hydroxylation is 1. The largest absolute Gasteiger partial charge is 0.490 e. The molecule has 0 aliphatic rings. The van der Waals surface area contributed by atoms with Crippen LogP contribution >= 0.6 is 0 Å². The van der Waals surface area contributed by atoms with E-state index in [-0.39, 0.29) is 31.2 Å². The number of carbonyl (C=O) groups is 3. The smallest absolute Gasteiger partial charge is 0.481 e. The highest BCUT2D eigenvalue weighted by molar-refractivity contribution is 5.93. The second-order valence-electron chi connectivity index (χ2n) is 5.43. The number of hydrogen-bond donors (Lipinski definition) is 3. The average Bonchev–Trinajstić information content (AvgIpc) is 2.66. The van der Waals surface area contributed by atoms with Gasteiger partial charge in [0.2, 0.25) is 0 Å². The van der Waals surface area contributed by atoms with Crippen molar-refractivity contribution in [2.75, 3.05) is 0 Å². The van der Waals surface area contributed by atoms with Gasteiger partial charge in [0.1, 0.15) is 18.4 Å². The average molecular weight is 418 g/mol. The Morgan fingerprint density at radius 3 is 2.10 bits per heavy atom. The number of aliphatic carboxylic acids is 2. The summed E-state index contributed by atoms with van der Waals surface area (Å²) in [7, 11) is 0. The predicted octanol–water partition coefficient (Wildman–Crippen LogP) is 1.55. The van der Waals surface area contributed by atoms with Crippen molar-refractivity contribution in [2.24, 2.45) is 0 Å². The Balaban J connectivity index is 0.000000516. The second-order valence-corrected chi connectivity index (χ2v) is 5.43. The van der Waals surface area contributed by atoms with E-state index in [9.17, 15) is 27.2 Å². The molecule has 0 bridgehead atoms. The summed E-state index contributed by atoms with van der Waals surface area (Å²) in [6, 6.07) is 7.42. The zero-order valence-electron chi connectivity index (χ0n) is 14.7. The molecule has 8 nitrogen and oxygen atoms in total. The van der Waals surface area contributed by atoms with Gasteiger partial charge in [-0.05, 0) is 22.8 Å². The molecule has 1 aromatic heterocycles. The second kappa shape index (κ2) is 10.7. The van der Waals surface area contributed by atoms with Gasteiger partial charge in [0.05, 0.1) is 5.56 Å². The van der Waals surface area contributed by atoms with Crippen molar-refractivity contribution >= 4 is 17.8 Å². The number of alkyl halides is 3. The SMILES string of the molecule is O=C(O)C(F)(F)F.O=C(O)CC[n+]1ccc(C(=O)NCc2ccc(F)cc2)cn1. The molecule has 12 heteroatoms. The number of amides is 1. The van der Waals surface area contributed by atoms with Crippen LogP contribution in [0.2, 0.25) is 0 Å². The van der Waals surface area contributed by atoms with Gasteiger partial charge in [-0.2, -0.15) is 13.2 Å². The van der Waals surface area contributed by atoms with E-state index >= 15 is 0 Å². The minimum atomic E-state index is -5.08. The summed E-state index contributed by atoms with van der Waals surface area (Å²) in [5.74, 6) is -4.29. The van der Waals surface area contributed by atoms with Crippen molar-refractivity contribution in [1.82, 2.24) is 10.4 Å². The standard InChI is InChI=1S/C15H14FN3O3.C2HF3O2/c16-13-3-1-11(2-4-13)9-17-15(22)12-5-7-19(18-10-12)8-6-14(20)21;3-2(4,5)1(6)7/h1-5,7,10H,6,8-9H2,(H-,17,20,21,22);(H,6,7)/p+1. The summed E-state index contributed by atoms with van der Waals surface area (Å²) in [4.78, 5) is 31.3. The lowest BCUT2D eigenvalue weighted by atomic mass is 10.2. The number of rotatable bonds is 6. The van der Waals surface area contributed by atoms with Crippen molar-refractivity contribution in [2.45, 2.75) is 25.7 Å². The fourth-order valence-corrected chi connectivity index (χ4v) is 1.75. The van der Waals surface area contributed by atoms with Crippen LogP contribution in [0.25, 0.3) is 0 Å². The number of carboxylic acids is 2. The molecular weight excluding hydrogens is 402 g/mol. The molecule has 0 spiro atoms. The molecule has 0 unspecified atom stereocenters. The van der Waals surface area contributed by atoms with E-state index in [1.165, 1.54) is 23.0 Å². The zero-order valence-corrected chi connectivity index (χ0v) is 14.7. The quantitative estimate of drug-likeness (QED) is 0.484. The molecule has 2 aromatic rings. The highest BCUT2D eigenvalue weighted by Crippen LogP contribution is 2.13. The van der Waals surface area contributed by atoms with Gasteiger partial charge >= 0.3 is 18.1 Å².